The van der Waals surface area contributed by atoms with Gasteiger partial charge in [-0.2, -0.15) is 0 Å². The zero-order valence-electron chi connectivity index (χ0n) is 13.6. The van der Waals surface area contributed by atoms with E-state index in [1.165, 1.54) is 39.2 Å². The minimum Gasteiger partial charge on any atom is -0.387 e. The van der Waals surface area contributed by atoms with E-state index in [0.717, 1.165) is 12.8 Å². The minimum atomic E-state index is -1.10. The highest BCUT2D eigenvalue weighted by Crippen LogP contribution is 2.30. The van der Waals surface area contributed by atoms with Crippen molar-refractivity contribution >= 4 is 0 Å². The van der Waals surface area contributed by atoms with Crippen molar-refractivity contribution in [1.29, 1.82) is 0 Å². The van der Waals surface area contributed by atoms with Crippen LogP contribution < -0.4 is 0 Å². The van der Waals surface area contributed by atoms with Crippen molar-refractivity contribution in [2.45, 2.75) is 88.9 Å². The van der Waals surface area contributed by atoms with E-state index in [1.54, 1.807) is 0 Å². The number of unbranched alkanes of at least 4 members (excludes halogenated alkanes) is 5. The molecule has 2 fully saturated rings. The molecule has 2 aliphatic heterocycles. The summed E-state index contributed by atoms with van der Waals surface area (Å²) in [7, 11) is 1.44. The fourth-order valence-electron chi connectivity index (χ4n) is 3.06. The van der Waals surface area contributed by atoms with Gasteiger partial charge in [0.1, 0.15) is 24.4 Å². The predicted molar refractivity (Wildman–Crippen MR) is 80.3 cm³/mol. The van der Waals surface area contributed by atoms with Crippen molar-refractivity contribution in [2.75, 3.05) is 13.7 Å². The van der Waals surface area contributed by atoms with Crippen LogP contribution in [-0.2, 0) is 18.9 Å². The van der Waals surface area contributed by atoms with Gasteiger partial charge in [0.2, 0.25) is 0 Å². The Labute approximate surface area is 132 Å². The van der Waals surface area contributed by atoms with E-state index in [4.69, 9.17) is 18.9 Å². The lowest BCUT2D eigenvalue weighted by molar-refractivity contribution is -0.356. The summed E-state index contributed by atoms with van der Waals surface area (Å²) in [6, 6.07) is 0. The third kappa shape index (κ3) is 4.63. The molecule has 2 rings (SSSR count). The monoisotopic (exact) mass is 318 g/mol. The number of aliphatic hydroxyl groups is 2. The van der Waals surface area contributed by atoms with Gasteiger partial charge in [-0.3, -0.25) is 0 Å². The van der Waals surface area contributed by atoms with Crippen LogP contribution in [0, 0.1) is 0 Å². The summed E-state index contributed by atoms with van der Waals surface area (Å²) in [5, 5.41) is 20.1. The summed E-state index contributed by atoms with van der Waals surface area (Å²) in [6.45, 7) is 2.56. The summed E-state index contributed by atoms with van der Waals surface area (Å²) in [5.74, 6) is 0. The van der Waals surface area contributed by atoms with Crippen LogP contribution in [-0.4, -0.2) is 60.9 Å². The van der Waals surface area contributed by atoms with E-state index < -0.39 is 30.7 Å². The number of fused-ring (bicyclic) bond motifs is 1. The lowest BCUT2D eigenvalue weighted by Gasteiger charge is -2.45. The highest BCUT2D eigenvalue weighted by atomic mass is 16.7. The van der Waals surface area contributed by atoms with Crippen LogP contribution in [0.5, 0.6) is 0 Å². The first-order chi connectivity index (χ1) is 10.7. The van der Waals surface area contributed by atoms with Crippen molar-refractivity contribution in [3.63, 3.8) is 0 Å². The zero-order chi connectivity index (χ0) is 15.9. The number of ether oxygens (including phenoxy) is 4. The van der Waals surface area contributed by atoms with Gasteiger partial charge in [-0.15, -0.1) is 0 Å². The summed E-state index contributed by atoms with van der Waals surface area (Å²) in [5.41, 5.74) is 0. The van der Waals surface area contributed by atoms with Gasteiger partial charge in [-0.25, -0.2) is 0 Å². The molecular weight excluding hydrogens is 288 g/mol. The van der Waals surface area contributed by atoms with Crippen molar-refractivity contribution in [3.05, 3.63) is 0 Å². The number of hydrogen-bond donors (Lipinski definition) is 2. The molecule has 22 heavy (non-hydrogen) atoms. The highest BCUT2D eigenvalue weighted by molar-refractivity contribution is 4.92. The Morgan fingerprint density at radius 2 is 1.73 bits per heavy atom. The molecule has 0 bridgehead atoms. The van der Waals surface area contributed by atoms with Crippen LogP contribution in [0.25, 0.3) is 0 Å². The largest absolute Gasteiger partial charge is 0.387 e. The van der Waals surface area contributed by atoms with Gasteiger partial charge in [0.15, 0.2) is 12.6 Å². The Bertz CT molecular complexity index is 311. The first-order valence-corrected chi connectivity index (χ1v) is 8.48. The molecule has 6 atom stereocenters. The normalized spacial score (nSPS) is 38.7. The molecule has 0 aliphatic carbocycles. The number of aliphatic hydroxyl groups excluding tert-OH is 2. The van der Waals surface area contributed by atoms with Crippen LogP contribution in [0.1, 0.15) is 51.9 Å². The van der Waals surface area contributed by atoms with Crippen molar-refractivity contribution in [2.24, 2.45) is 0 Å². The Balaban J connectivity index is 1.71. The topological polar surface area (TPSA) is 77.4 Å². The second-order valence-corrected chi connectivity index (χ2v) is 6.18. The van der Waals surface area contributed by atoms with Crippen molar-refractivity contribution in [1.82, 2.24) is 0 Å². The summed E-state index contributed by atoms with van der Waals surface area (Å²) < 4.78 is 22.0. The molecule has 2 saturated heterocycles. The molecule has 0 spiro atoms. The van der Waals surface area contributed by atoms with Crippen LogP contribution in [0.3, 0.4) is 0 Å². The Morgan fingerprint density at radius 3 is 2.45 bits per heavy atom. The smallest absolute Gasteiger partial charge is 0.186 e. The Kier molecular flexibility index (Phi) is 7.53. The molecule has 2 N–H and O–H groups in total. The van der Waals surface area contributed by atoms with Gasteiger partial charge in [0, 0.05) is 7.11 Å². The van der Waals surface area contributed by atoms with Crippen LogP contribution >= 0.6 is 0 Å². The maximum absolute atomic E-state index is 10.2. The van der Waals surface area contributed by atoms with Gasteiger partial charge in [-0.05, 0) is 12.8 Å². The average molecular weight is 318 g/mol. The van der Waals surface area contributed by atoms with Gasteiger partial charge in [-0.1, -0.05) is 39.0 Å². The van der Waals surface area contributed by atoms with Crippen molar-refractivity contribution < 1.29 is 29.2 Å². The maximum Gasteiger partial charge on any atom is 0.186 e. The standard InChI is InChI=1S/C16H30O6/c1-3-4-5-6-7-8-9-12-20-10-11-15(22-12)13(17)14(18)16(19-2)21-11/h11-18H,3-10H2,1-2H3. The van der Waals surface area contributed by atoms with E-state index in [0.29, 0.717) is 6.61 Å². The van der Waals surface area contributed by atoms with E-state index >= 15 is 0 Å². The molecule has 0 aromatic heterocycles. The number of rotatable bonds is 8. The molecule has 0 radical (unpaired) electrons. The third-order valence-corrected chi connectivity index (χ3v) is 4.42. The molecule has 130 valence electrons. The lowest BCUT2D eigenvalue weighted by Crippen LogP contribution is -2.63. The molecule has 6 nitrogen and oxygen atoms in total. The third-order valence-electron chi connectivity index (χ3n) is 4.42. The van der Waals surface area contributed by atoms with E-state index in [-0.39, 0.29) is 6.29 Å². The van der Waals surface area contributed by atoms with Gasteiger partial charge in [0.25, 0.3) is 0 Å². The van der Waals surface area contributed by atoms with E-state index in [2.05, 4.69) is 6.92 Å². The first kappa shape index (κ1) is 18.1. The van der Waals surface area contributed by atoms with Gasteiger partial charge in [0.05, 0.1) is 6.61 Å². The SMILES string of the molecule is CCCCCCCCC1OCC2OC(OC)C(O)C(O)C2O1. The second kappa shape index (κ2) is 9.15. The zero-order valence-corrected chi connectivity index (χ0v) is 13.6. The first-order valence-electron chi connectivity index (χ1n) is 8.48. The van der Waals surface area contributed by atoms with Crippen LogP contribution in [0.15, 0.2) is 0 Å². The Morgan fingerprint density at radius 1 is 1.00 bits per heavy atom. The molecule has 6 unspecified atom stereocenters. The van der Waals surface area contributed by atoms with Gasteiger partial charge < -0.3 is 29.2 Å². The molecule has 2 heterocycles. The average Bonchev–Trinajstić information content (AvgIpc) is 2.54. The number of hydrogen-bond acceptors (Lipinski definition) is 6. The van der Waals surface area contributed by atoms with E-state index in [9.17, 15) is 10.2 Å². The van der Waals surface area contributed by atoms with E-state index in [1.807, 2.05) is 0 Å². The minimum absolute atomic E-state index is 0.322. The molecule has 6 heteroatoms. The number of methoxy groups -OCH3 is 1. The molecular formula is C16H30O6. The summed E-state index contributed by atoms with van der Waals surface area (Å²) >= 11 is 0. The molecule has 0 aromatic rings. The maximum atomic E-state index is 10.2. The quantitative estimate of drug-likeness (QED) is 0.662. The molecule has 0 saturated carbocycles. The second-order valence-electron chi connectivity index (χ2n) is 6.18. The Hall–Kier alpha value is -0.240. The summed E-state index contributed by atoms with van der Waals surface area (Å²) in [6.07, 6.45) is 3.88. The predicted octanol–water partition coefficient (Wildman–Crippen LogP) is 1.57. The van der Waals surface area contributed by atoms with Gasteiger partial charge >= 0.3 is 0 Å². The van der Waals surface area contributed by atoms with Crippen LogP contribution in [0.4, 0.5) is 0 Å². The molecule has 0 aromatic carbocycles. The summed E-state index contributed by atoms with van der Waals surface area (Å²) in [4.78, 5) is 0. The van der Waals surface area contributed by atoms with Crippen LogP contribution in [0.2, 0.25) is 0 Å². The lowest BCUT2D eigenvalue weighted by atomic mass is 9.98. The fourth-order valence-corrected chi connectivity index (χ4v) is 3.06. The fraction of sp³-hybridized carbons (Fsp3) is 1.00. The highest BCUT2D eigenvalue weighted by Gasteiger charge is 2.48. The van der Waals surface area contributed by atoms with Crippen molar-refractivity contribution in [3.8, 4) is 0 Å². The molecule has 2 aliphatic rings. The molecule has 0 amide bonds.